The van der Waals surface area contributed by atoms with Crippen molar-refractivity contribution < 1.29 is 0 Å². The van der Waals surface area contributed by atoms with Gasteiger partial charge in [-0.15, -0.1) is 21.6 Å². The summed E-state index contributed by atoms with van der Waals surface area (Å²) in [7, 11) is 0. The Kier molecular flexibility index (Phi) is 6.04. The van der Waals surface area contributed by atoms with Crippen LogP contribution in [0.15, 0.2) is 81.1 Å². The molecular formula is C25H22N6OS2. The van der Waals surface area contributed by atoms with Crippen molar-refractivity contribution in [2.75, 3.05) is 0 Å². The molecule has 0 unspecified atom stereocenters. The number of nitrogens with one attached hydrogen (secondary N) is 1. The Labute approximate surface area is 204 Å². The van der Waals surface area contributed by atoms with Crippen molar-refractivity contribution in [1.29, 1.82) is 0 Å². The fourth-order valence-electron chi connectivity index (χ4n) is 3.64. The second-order valence-corrected chi connectivity index (χ2v) is 10.0. The zero-order chi connectivity index (χ0) is 23.7. The Hall–Kier alpha value is -3.69. The minimum absolute atomic E-state index is 0.224. The zero-order valence-electron chi connectivity index (χ0n) is 18.9. The van der Waals surface area contributed by atoms with E-state index < -0.39 is 0 Å². The molecule has 9 heteroatoms. The van der Waals surface area contributed by atoms with Crippen LogP contribution < -0.4 is 5.56 Å². The molecule has 3 aromatic heterocycles. The Bertz CT molecular complexity index is 1510. The molecule has 0 aliphatic carbocycles. The molecule has 0 aliphatic heterocycles. The maximum atomic E-state index is 13.4. The maximum Gasteiger partial charge on any atom is 0.301 e. The van der Waals surface area contributed by atoms with Gasteiger partial charge in [0.1, 0.15) is 0 Å². The van der Waals surface area contributed by atoms with E-state index in [1.54, 1.807) is 0 Å². The second-order valence-electron chi connectivity index (χ2n) is 8.02. The predicted octanol–water partition coefficient (Wildman–Crippen LogP) is 7.26. The molecule has 0 spiro atoms. The fourth-order valence-corrected chi connectivity index (χ4v) is 5.31. The summed E-state index contributed by atoms with van der Waals surface area (Å²) >= 11 is 2.86. The van der Waals surface area contributed by atoms with E-state index in [-0.39, 0.29) is 11.2 Å². The molecule has 0 aliphatic rings. The van der Waals surface area contributed by atoms with E-state index in [4.69, 9.17) is 0 Å². The van der Waals surface area contributed by atoms with Gasteiger partial charge in [0.25, 0.3) is 0 Å². The van der Waals surface area contributed by atoms with E-state index >= 15 is 0 Å². The van der Waals surface area contributed by atoms with Crippen molar-refractivity contribution in [1.82, 2.24) is 19.7 Å². The molecule has 34 heavy (non-hydrogen) atoms. The van der Waals surface area contributed by atoms with Crippen molar-refractivity contribution in [2.24, 2.45) is 10.2 Å². The molecule has 0 saturated carbocycles. The highest BCUT2D eigenvalue weighted by molar-refractivity contribution is 7.15. The number of nitrogens with zero attached hydrogens (tertiary/aromatic N) is 5. The van der Waals surface area contributed by atoms with Gasteiger partial charge in [0.15, 0.2) is 5.69 Å². The number of hydrogen-bond donors (Lipinski definition) is 1. The summed E-state index contributed by atoms with van der Waals surface area (Å²) in [5.74, 6) is 0.299. The summed E-state index contributed by atoms with van der Waals surface area (Å²) in [4.78, 5) is 23.8. The zero-order valence-corrected chi connectivity index (χ0v) is 20.5. The molecule has 0 atom stereocenters. The minimum atomic E-state index is -0.311. The number of thiazole rings is 2. The molecule has 0 radical (unpaired) electrons. The third kappa shape index (κ3) is 4.27. The summed E-state index contributed by atoms with van der Waals surface area (Å²) in [5.41, 5.74) is 4.15. The van der Waals surface area contributed by atoms with Crippen LogP contribution in [0.25, 0.3) is 27.6 Å². The van der Waals surface area contributed by atoms with Crippen LogP contribution in [0.4, 0.5) is 10.8 Å². The van der Waals surface area contributed by atoms with Crippen molar-refractivity contribution in [3.63, 3.8) is 0 Å². The highest BCUT2D eigenvalue weighted by Gasteiger charge is 2.19. The first kappa shape index (κ1) is 22.1. The number of azo groups is 1. The van der Waals surface area contributed by atoms with Crippen LogP contribution >= 0.6 is 22.7 Å². The standard InChI is InChI=1S/C25H22N6OS2/c1-15(2)20-16(3)34-24(27-20)29-28-22-21(18-12-8-5-9-13-18)30-31(23(22)32)25-26-19(14-33-25)17-10-6-4-7-11-17/h4-15,30H,1-3H3. The van der Waals surface area contributed by atoms with Gasteiger partial charge in [-0.05, 0) is 12.8 Å². The normalized spacial score (nSPS) is 11.6. The Morgan fingerprint density at radius 2 is 1.62 bits per heavy atom. The summed E-state index contributed by atoms with van der Waals surface area (Å²) in [6.07, 6.45) is 0. The van der Waals surface area contributed by atoms with Gasteiger partial charge in [0, 0.05) is 21.4 Å². The molecular weight excluding hydrogens is 464 g/mol. The lowest BCUT2D eigenvalue weighted by molar-refractivity contribution is 0.824. The Morgan fingerprint density at radius 3 is 2.26 bits per heavy atom. The SMILES string of the molecule is Cc1sc(N=Nc2c(-c3ccccc3)[nH]n(-c3nc(-c4ccccc4)cs3)c2=O)nc1C(C)C. The molecule has 7 nitrogen and oxygen atoms in total. The van der Waals surface area contributed by atoms with Crippen LogP contribution in [0.2, 0.25) is 0 Å². The highest BCUT2D eigenvalue weighted by atomic mass is 32.1. The first-order valence-corrected chi connectivity index (χ1v) is 12.5. The van der Waals surface area contributed by atoms with Crippen LogP contribution in [0.1, 0.15) is 30.3 Å². The van der Waals surface area contributed by atoms with E-state index in [1.165, 1.54) is 27.4 Å². The van der Waals surface area contributed by atoms with Crippen molar-refractivity contribution in [2.45, 2.75) is 26.7 Å². The molecule has 2 aromatic carbocycles. The summed E-state index contributed by atoms with van der Waals surface area (Å²) in [6.45, 7) is 6.22. The van der Waals surface area contributed by atoms with Gasteiger partial charge in [0.05, 0.1) is 17.1 Å². The molecule has 5 aromatic rings. The molecule has 1 N–H and O–H groups in total. The molecule has 0 fully saturated rings. The van der Waals surface area contributed by atoms with E-state index in [0.29, 0.717) is 21.9 Å². The maximum absolute atomic E-state index is 13.4. The molecule has 5 rings (SSSR count). The number of benzene rings is 2. The van der Waals surface area contributed by atoms with Gasteiger partial charge in [0.2, 0.25) is 10.3 Å². The Balaban J connectivity index is 1.59. The summed E-state index contributed by atoms with van der Waals surface area (Å²) < 4.78 is 1.43. The molecule has 3 heterocycles. The van der Waals surface area contributed by atoms with E-state index in [1.807, 2.05) is 73.0 Å². The fraction of sp³-hybridized carbons (Fsp3) is 0.160. The van der Waals surface area contributed by atoms with Gasteiger partial charge in [-0.1, -0.05) is 85.8 Å². The van der Waals surface area contributed by atoms with Gasteiger partial charge in [-0.3, -0.25) is 9.89 Å². The van der Waals surface area contributed by atoms with E-state index in [9.17, 15) is 4.79 Å². The number of rotatable bonds is 6. The van der Waals surface area contributed by atoms with Crippen molar-refractivity contribution >= 4 is 33.5 Å². The Morgan fingerprint density at radius 1 is 0.941 bits per heavy atom. The minimum Gasteiger partial charge on any atom is -0.286 e. The van der Waals surface area contributed by atoms with Gasteiger partial charge in [-0.2, -0.15) is 4.68 Å². The third-order valence-corrected chi connectivity index (χ3v) is 6.98. The predicted molar refractivity (Wildman–Crippen MR) is 138 cm³/mol. The lowest BCUT2D eigenvalue weighted by atomic mass is 10.1. The lowest BCUT2D eigenvalue weighted by Crippen LogP contribution is -2.13. The van der Waals surface area contributed by atoms with Gasteiger partial charge >= 0.3 is 5.56 Å². The highest BCUT2D eigenvalue weighted by Crippen LogP contribution is 2.33. The number of aromatic amines is 1. The van der Waals surface area contributed by atoms with E-state index in [2.05, 4.69) is 39.1 Å². The number of aromatic nitrogens is 4. The molecule has 0 saturated heterocycles. The van der Waals surface area contributed by atoms with Crippen LogP contribution in [0, 0.1) is 6.92 Å². The number of H-pyrrole nitrogens is 1. The first-order valence-electron chi connectivity index (χ1n) is 10.8. The van der Waals surface area contributed by atoms with Crippen LogP contribution in [-0.4, -0.2) is 19.7 Å². The largest absolute Gasteiger partial charge is 0.301 e. The second kappa shape index (κ2) is 9.28. The quantitative estimate of drug-likeness (QED) is 0.256. The lowest BCUT2D eigenvalue weighted by Gasteiger charge is -1.99. The van der Waals surface area contributed by atoms with E-state index in [0.717, 1.165) is 27.4 Å². The average Bonchev–Trinajstić information content (AvgIpc) is 3.56. The molecule has 170 valence electrons. The molecule has 0 amide bonds. The first-order chi connectivity index (χ1) is 16.5. The van der Waals surface area contributed by atoms with Crippen LogP contribution in [0.5, 0.6) is 0 Å². The smallest absolute Gasteiger partial charge is 0.286 e. The van der Waals surface area contributed by atoms with Crippen molar-refractivity contribution in [3.05, 3.63) is 87.0 Å². The molecule has 0 bridgehead atoms. The number of hydrogen-bond acceptors (Lipinski definition) is 7. The topological polar surface area (TPSA) is 88.3 Å². The number of aryl methyl sites for hydroxylation is 1. The van der Waals surface area contributed by atoms with Crippen molar-refractivity contribution in [3.8, 4) is 27.6 Å². The van der Waals surface area contributed by atoms with Gasteiger partial charge < -0.3 is 0 Å². The van der Waals surface area contributed by atoms with Crippen LogP contribution in [-0.2, 0) is 0 Å². The third-order valence-electron chi connectivity index (χ3n) is 5.29. The van der Waals surface area contributed by atoms with Crippen LogP contribution in [0.3, 0.4) is 0 Å². The summed E-state index contributed by atoms with van der Waals surface area (Å²) in [5, 5.41) is 14.9. The van der Waals surface area contributed by atoms with Gasteiger partial charge in [-0.25, -0.2) is 9.97 Å². The average molecular weight is 487 g/mol. The summed E-state index contributed by atoms with van der Waals surface area (Å²) in [6, 6.07) is 19.5. The monoisotopic (exact) mass is 486 g/mol.